The zero-order chi connectivity index (χ0) is 14.2. The maximum absolute atomic E-state index is 4.41. The summed E-state index contributed by atoms with van der Waals surface area (Å²) in [5.41, 5.74) is 1.95. The van der Waals surface area contributed by atoms with Gasteiger partial charge in [-0.1, -0.05) is 37.3 Å². The monoisotopic (exact) mass is 280 g/mol. The van der Waals surface area contributed by atoms with E-state index >= 15 is 0 Å². The molecule has 106 valence electrons. The van der Waals surface area contributed by atoms with Crippen molar-refractivity contribution in [3.63, 3.8) is 0 Å². The van der Waals surface area contributed by atoms with Gasteiger partial charge in [0, 0.05) is 0 Å². The number of hydrogen-bond donors (Lipinski definition) is 1. The van der Waals surface area contributed by atoms with E-state index in [2.05, 4.69) is 57.1 Å². The van der Waals surface area contributed by atoms with E-state index in [1.807, 2.05) is 18.2 Å². The third kappa shape index (κ3) is 2.33. The van der Waals surface area contributed by atoms with Crippen LogP contribution in [-0.4, -0.2) is 25.3 Å². The van der Waals surface area contributed by atoms with Crippen molar-refractivity contribution >= 4 is 11.5 Å². The van der Waals surface area contributed by atoms with Gasteiger partial charge in [-0.15, -0.1) is 14.8 Å². The van der Waals surface area contributed by atoms with Crippen molar-refractivity contribution in [1.29, 1.82) is 0 Å². The molecule has 0 amide bonds. The molecule has 1 fully saturated rings. The maximum Gasteiger partial charge on any atom is 0.200 e. The van der Waals surface area contributed by atoms with Crippen molar-refractivity contribution in [2.45, 2.75) is 19.4 Å². The number of aromatic nitrogens is 5. The Hall–Kier alpha value is -2.50. The zero-order valence-corrected chi connectivity index (χ0v) is 11.7. The van der Waals surface area contributed by atoms with Crippen LogP contribution < -0.4 is 5.32 Å². The minimum atomic E-state index is 0.280. The number of fused-ring (bicyclic) bond motifs is 1. The van der Waals surface area contributed by atoms with Crippen LogP contribution in [0.25, 0.3) is 5.65 Å². The van der Waals surface area contributed by atoms with Crippen LogP contribution in [0.3, 0.4) is 0 Å². The standard InChI is InChI=1S/C15H16N6/c1-10-9-12(10)15(11-5-3-2-4-6-11)16-13-7-8-14-17-19-20-21(14)18-13/h2-8,10,12,15H,9H2,1H3,(H,16,18). The molecule has 1 aromatic carbocycles. The molecular formula is C15H16N6. The zero-order valence-electron chi connectivity index (χ0n) is 11.7. The highest BCUT2D eigenvalue weighted by molar-refractivity contribution is 5.44. The Morgan fingerprint density at radius 1 is 1.19 bits per heavy atom. The molecule has 1 N–H and O–H groups in total. The molecule has 1 saturated carbocycles. The number of nitrogens with one attached hydrogen (secondary N) is 1. The van der Waals surface area contributed by atoms with Gasteiger partial charge in [-0.2, -0.15) is 0 Å². The number of hydrogen-bond acceptors (Lipinski definition) is 5. The second-order valence-corrected chi connectivity index (χ2v) is 5.65. The summed E-state index contributed by atoms with van der Waals surface area (Å²) in [7, 11) is 0. The van der Waals surface area contributed by atoms with Crippen molar-refractivity contribution in [2.75, 3.05) is 5.32 Å². The van der Waals surface area contributed by atoms with E-state index in [0.29, 0.717) is 11.6 Å². The number of rotatable bonds is 4. The molecule has 4 rings (SSSR count). The number of tetrazole rings is 1. The minimum absolute atomic E-state index is 0.280. The van der Waals surface area contributed by atoms with Crippen LogP contribution in [0.15, 0.2) is 42.5 Å². The Morgan fingerprint density at radius 2 is 2.00 bits per heavy atom. The molecule has 2 aromatic heterocycles. The summed E-state index contributed by atoms with van der Waals surface area (Å²) in [5.74, 6) is 2.20. The van der Waals surface area contributed by atoms with E-state index in [1.165, 1.54) is 16.6 Å². The fourth-order valence-electron chi connectivity index (χ4n) is 2.80. The van der Waals surface area contributed by atoms with Crippen LogP contribution >= 0.6 is 0 Å². The van der Waals surface area contributed by atoms with Gasteiger partial charge in [0.2, 0.25) is 0 Å². The van der Waals surface area contributed by atoms with E-state index in [9.17, 15) is 0 Å². The highest BCUT2D eigenvalue weighted by Gasteiger charge is 2.40. The summed E-state index contributed by atoms with van der Waals surface area (Å²) in [6, 6.07) is 14.6. The summed E-state index contributed by atoms with van der Waals surface area (Å²) in [6.07, 6.45) is 1.25. The van der Waals surface area contributed by atoms with Gasteiger partial charge in [0.05, 0.1) is 6.04 Å². The second kappa shape index (κ2) is 4.80. The first kappa shape index (κ1) is 12.3. The highest BCUT2D eigenvalue weighted by Crippen LogP contribution is 2.48. The molecule has 21 heavy (non-hydrogen) atoms. The summed E-state index contributed by atoms with van der Waals surface area (Å²) < 4.78 is 1.45. The largest absolute Gasteiger partial charge is 0.361 e. The van der Waals surface area contributed by atoms with Crippen LogP contribution in [0.4, 0.5) is 5.82 Å². The van der Waals surface area contributed by atoms with Crippen molar-refractivity contribution in [1.82, 2.24) is 25.3 Å². The van der Waals surface area contributed by atoms with Crippen LogP contribution in [0, 0.1) is 11.8 Å². The van der Waals surface area contributed by atoms with E-state index in [-0.39, 0.29) is 6.04 Å². The van der Waals surface area contributed by atoms with E-state index in [4.69, 9.17) is 0 Å². The lowest BCUT2D eigenvalue weighted by atomic mass is 10.0. The molecule has 1 aliphatic carbocycles. The molecule has 3 aromatic rings. The van der Waals surface area contributed by atoms with E-state index in [0.717, 1.165) is 11.7 Å². The Labute approximate surface area is 122 Å². The summed E-state index contributed by atoms with van der Waals surface area (Å²) in [4.78, 5) is 0. The number of benzene rings is 1. The molecule has 3 atom stereocenters. The fourth-order valence-corrected chi connectivity index (χ4v) is 2.80. The lowest BCUT2D eigenvalue weighted by molar-refractivity contribution is 0.623. The first-order valence-electron chi connectivity index (χ1n) is 7.18. The topological polar surface area (TPSA) is 68.0 Å². The summed E-state index contributed by atoms with van der Waals surface area (Å²) in [6.45, 7) is 2.29. The van der Waals surface area contributed by atoms with E-state index in [1.54, 1.807) is 0 Å². The molecule has 1 aliphatic rings. The first-order valence-corrected chi connectivity index (χ1v) is 7.18. The van der Waals surface area contributed by atoms with E-state index < -0.39 is 0 Å². The lowest BCUT2D eigenvalue weighted by Crippen LogP contribution is -2.15. The first-order chi connectivity index (χ1) is 10.3. The van der Waals surface area contributed by atoms with Crippen LogP contribution in [0.1, 0.15) is 24.9 Å². The molecule has 0 saturated heterocycles. The van der Waals surface area contributed by atoms with Gasteiger partial charge in [-0.25, -0.2) is 0 Å². The van der Waals surface area contributed by atoms with Crippen LogP contribution in [0.5, 0.6) is 0 Å². The smallest absolute Gasteiger partial charge is 0.200 e. The van der Waals surface area contributed by atoms with Crippen molar-refractivity contribution in [3.8, 4) is 0 Å². The second-order valence-electron chi connectivity index (χ2n) is 5.65. The number of nitrogens with zero attached hydrogens (tertiary/aromatic N) is 5. The highest BCUT2D eigenvalue weighted by atomic mass is 15.6. The Kier molecular flexibility index (Phi) is 2.80. The molecule has 0 spiro atoms. The van der Waals surface area contributed by atoms with Gasteiger partial charge in [0.15, 0.2) is 5.65 Å². The average Bonchev–Trinajstić information content (AvgIpc) is 3.06. The van der Waals surface area contributed by atoms with Gasteiger partial charge in [0.25, 0.3) is 0 Å². The fraction of sp³-hybridized carbons (Fsp3) is 0.333. The SMILES string of the molecule is CC1CC1C(Nc1ccc2nnnn2n1)c1ccccc1. The quantitative estimate of drug-likeness (QED) is 0.794. The molecule has 0 aliphatic heterocycles. The molecule has 6 nitrogen and oxygen atoms in total. The average molecular weight is 280 g/mol. The normalized spacial score (nSPS) is 22.1. The predicted octanol–water partition coefficient (Wildman–Crippen LogP) is 2.33. The third-order valence-corrected chi connectivity index (χ3v) is 4.13. The summed E-state index contributed by atoms with van der Waals surface area (Å²) >= 11 is 0. The predicted molar refractivity (Wildman–Crippen MR) is 78.7 cm³/mol. The molecule has 2 heterocycles. The van der Waals surface area contributed by atoms with Crippen molar-refractivity contribution < 1.29 is 0 Å². The minimum Gasteiger partial charge on any atom is -0.361 e. The van der Waals surface area contributed by atoms with Gasteiger partial charge < -0.3 is 5.32 Å². The molecule has 3 unspecified atom stereocenters. The van der Waals surface area contributed by atoms with Crippen LogP contribution in [-0.2, 0) is 0 Å². The molecular weight excluding hydrogens is 264 g/mol. The molecule has 0 radical (unpaired) electrons. The van der Waals surface area contributed by atoms with Gasteiger partial charge in [0.1, 0.15) is 5.82 Å². The van der Waals surface area contributed by atoms with Gasteiger partial charge >= 0.3 is 0 Å². The Morgan fingerprint density at radius 3 is 2.76 bits per heavy atom. The van der Waals surface area contributed by atoms with Gasteiger partial charge in [-0.05, 0) is 46.4 Å². The third-order valence-electron chi connectivity index (χ3n) is 4.13. The summed E-state index contributed by atoms with van der Waals surface area (Å²) in [5, 5.41) is 19.3. The number of anilines is 1. The Bertz CT molecular complexity index is 753. The maximum atomic E-state index is 4.41. The lowest BCUT2D eigenvalue weighted by Gasteiger charge is -2.19. The molecule has 6 heteroatoms. The van der Waals surface area contributed by atoms with Crippen LogP contribution in [0.2, 0.25) is 0 Å². The molecule has 0 bridgehead atoms. The van der Waals surface area contributed by atoms with Crippen molar-refractivity contribution in [3.05, 3.63) is 48.0 Å². The Balaban J connectivity index is 1.64. The van der Waals surface area contributed by atoms with Crippen molar-refractivity contribution in [2.24, 2.45) is 11.8 Å². The van der Waals surface area contributed by atoms with Gasteiger partial charge in [-0.3, -0.25) is 0 Å².